The molecule has 0 unspecified atom stereocenters. The summed E-state index contributed by atoms with van der Waals surface area (Å²) in [6.45, 7) is 2.83. The normalized spacial score (nSPS) is 11.1. The lowest BCUT2D eigenvalue weighted by Crippen LogP contribution is -2.37. The van der Waals surface area contributed by atoms with Crippen LogP contribution in [0.5, 0.6) is 0 Å². The predicted octanol–water partition coefficient (Wildman–Crippen LogP) is 0.450. The second kappa shape index (κ2) is 5.32. The van der Waals surface area contributed by atoms with Gasteiger partial charge < -0.3 is 4.90 Å². The highest BCUT2D eigenvalue weighted by atomic mass is 35.5. The molecule has 1 aromatic heterocycles. The maximum Gasteiger partial charge on any atom is 0.329 e. The monoisotopic (exact) mass is 245 g/mol. The van der Waals surface area contributed by atoms with E-state index in [0.29, 0.717) is 12.1 Å². The quantitative estimate of drug-likeness (QED) is 0.784. The highest BCUT2D eigenvalue weighted by Crippen LogP contribution is 2.02. The van der Waals surface area contributed by atoms with Gasteiger partial charge in [-0.05, 0) is 34.0 Å². The molecule has 1 aromatic rings. The summed E-state index contributed by atoms with van der Waals surface area (Å²) in [6, 6.07) is 0. The fourth-order valence-electron chi connectivity index (χ4n) is 1.39. The van der Waals surface area contributed by atoms with Gasteiger partial charge in [-0.2, -0.15) is 0 Å². The smallest absolute Gasteiger partial charge is 0.309 e. The molecule has 0 fully saturated rings. The lowest BCUT2D eigenvalue weighted by atomic mass is 10.3. The van der Waals surface area contributed by atoms with Crippen LogP contribution in [-0.2, 0) is 6.54 Å². The molecule has 90 valence electrons. The van der Waals surface area contributed by atoms with E-state index >= 15 is 0 Å². The molecule has 1 heterocycles. The molecule has 1 N–H and O–H groups in total. The summed E-state index contributed by atoms with van der Waals surface area (Å²) in [4.78, 5) is 27.7. The molecule has 1 rings (SSSR count). The first-order valence-corrected chi connectivity index (χ1v) is 5.45. The van der Waals surface area contributed by atoms with Crippen LogP contribution in [-0.4, -0.2) is 35.1 Å². The van der Waals surface area contributed by atoms with Crippen LogP contribution in [0.25, 0.3) is 0 Å². The van der Waals surface area contributed by atoms with Gasteiger partial charge in [0.25, 0.3) is 5.56 Å². The third-order valence-corrected chi connectivity index (χ3v) is 2.72. The molecule has 0 amide bonds. The third-order valence-electron chi connectivity index (χ3n) is 2.34. The van der Waals surface area contributed by atoms with Crippen LogP contribution >= 0.6 is 11.6 Å². The molecular formula is C10H16ClN3O2. The molecule has 6 heteroatoms. The van der Waals surface area contributed by atoms with Crippen molar-refractivity contribution in [1.82, 2.24) is 14.5 Å². The summed E-state index contributed by atoms with van der Waals surface area (Å²) in [5, 5.41) is 0.124. The molecule has 0 aliphatic carbocycles. The summed E-state index contributed by atoms with van der Waals surface area (Å²) in [5.41, 5.74) is -0.377. The van der Waals surface area contributed by atoms with Gasteiger partial charge in [0, 0.05) is 12.1 Å². The van der Waals surface area contributed by atoms with Crippen LogP contribution < -0.4 is 11.2 Å². The van der Waals surface area contributed by atoms with Crippen molar-refractivity contribution in [2.45, 2.75) is 19.9 Å². The van der Waals surface area contributed by atoms with Crippen molar-refractivity contribution in [1.29, 1.82) is 0 Å². The van der Waals surface area contributed by atoms with Gasteiger partial charge in [-0.15, -0.1) is 0 Å². The van der Waals surface area contributed by atoms with Crippen LogP contribution in [0.15, 0.2) is 9.59 Å². The number of hydrogen-bond donors (Lipinski definition) is 1. The molecule has 16 heavy (non-hydrogen) atoms. The van der Waals surface area contributed by atoms with Gasteiger partial charge in [0.1, 0.15) is 5.15 Å². The average molecular weight is 246 g/mol. The second-order valence-corrected chi connectivity index (χ2v) is 4.36. The first-order chi connectivity index (χ1) is 7.43. The van der Waals surface area contributed by atoms with Gasteiger partial charge in [0.05, 0.1) is 0 Å². The SMILES string of the molecule is Cc1c(Cl)[nH]c(=O)n(CCCN(C)C)c1=O. The number of aromatic nitrogens is 2. The van der Waals surface area contributed by atoms with E-state index in [4.69, 9.17) is 11.6 Å². The van der Waals surface area contributed by atoms with Crippen LogP contribution in [0.3, 0.4) is 0 Å². The molecule has 0 aromatic carbocycles. The van der Waals surface area contributed by atoms with E-state index in [1.54, 1.807) is 6.92 Å². The van der Waals surface area contributed by atoms with E-state index in [2.05, 4.69) is 4.98 Å². The maximum absolute atomic E-state index is 11.7. The molecule has 0 spiro atoms. The van der Waals surface area contributed by atoms with Gasteiger partial charge in [0.15, 0.2) is 0 Å². The van der Waals surface area contributed by atoms with Crippen molar-refractivity contribution in [3.8, 4) is 0 Å². The van der Waals surface area contributed by atoms with Crippen molar-refractivity contribution in [2.75, 3.05) is 20.6 Å². The highest BCUT2D eigenvalue weighted by molar-refractivity contribution is 6.30. The van der Waals surface area contributed by atoms with E-state index in [0.717, 1.165) is 13.0 Å². The van der Waals surface area contributed by atoms with Crippen molar-refractivity contribution in [2.24, 2.45) is 0 Å². The zero-order chi connectivity index (χ0) is 12.3. The van der Waals surface area contributed by atoms with E-state index in [1.807, 2.05) is 19.0 Å². The Morgan fingerprint density at radius 2 is 2.00 bits per heavy atom. The molecule has 0 aliphatic rings. The van der Waals surface area contributed by atoms with E-state index in [-0.39, 0.29) is 10.7 Å². The summed E-state index contributed by atoms with van der Waals surface area (Å²) in [6.07, 6.45) is 0.747. The molecule has 0 saturated heterocycles. The maximum atomic E-state index is 11.7. The Morgan fingerprint density at radius 3 is 2.56 bits per heavy atom. The van der Waals surface area contributed by atoms with Crippen LogP contribution in [0.1, 0.15) is 12.0 Å². The number of H-pyrrole nitrogens is 1. The topological polar surface area (TPSA) is 58.1 Å². The first-order valence-electron chi connectivity index (χ1n) is 5.07. The summed E-state index contributed by atoms with van der Waals surface area (Å²) in [5.74, 6) is 0. The fraction of sp³-hybridized carbons (Fsp3) is 0.600. The van der Waals surface area contributed by atoms with E-state index in [1.165, 1.54) is 4.57 Å². The molecule has 5 nitrogen and oxygen atoms in total. The molecule has 0 radical (unpaired) electrons. The van der Waals surface area contributed by atoms with Gasteiger partial charge in [0.2, 0.25) is 0 Å². The lowest BCUT2D eigenvalue weighted by molar-refractivity contribution is 0.382. The van der Waals surface area contributed by atoms with Crippen molar-refractivity contribution < 1.29 is 0 Å². The Labute approximate surface area is 98.7 Å². The zero-order valence-corrected chi connectivity index (χ0v) is 10.5. The second-order valence-electron chi connectivity index (χ2n) is 3.98. The van der Waals surface area contributed by atoms with Crippen molar-refractivity contribution in [3.05, 3.63) is 31.6 Å². The minimum atomic E-state index is -0.445. The number of halogens is 1. The Kier molecular flexibility index (Phi) is 4.32. The standard InChI is InChI=1S/C10H16ClN3O2/c1-7-8(11)12-10(16)14(9(7)15)6-4-5-13(2)3/h4-6H2,1-3H3,(H,12,16). The number of nitrogens with zero attached hydrogens (tertiary/aromatic N) is 2. The number of hydrogen-bond acceptors (Lipinski definition) is 3. The summed E-state index contributed by atoms with van der Waals surface area (Å²) in [7, 11) is 3.89. The third kappa shape index (κ3) is 2.96. The summed E-state index contributed by atoms with van der Waals surface area (Å²) >= 11 is 5.70. The zero-order valence-electron chi connectivity index (χ0n) is 9.71. The Hall–Kier alpha value is -1.07. The minimum absolute atomic E-state index is 0.124. The Morgan fingerprint density at radius 1 is 1.38 bits per heavy atom. The number of aromatic amines is 1. The van der Waals surface area contributed by atoms with Crippen molar-refractivity contribution in [3.63, 3.8) is 0 Å². The van der Waals surface area contributed by atoms with E-state index < -0.39 is 5.69 Å². The average Bonchev–Trinajstić information content (AvgIpc) is 2.19. The van der Waals surface area contributed by atoms with Crippen LogP contribution in [0.4, 0.5) is 0 Å². The minimum Gasteiger partial charge on any atom is -0.309 e. The fourth-order valence-corrected chi connectivity index (χ4v) is 1.55. The Bertz CT molecular complexity index is 476. The first kappa shape index (κ1) is 13.0. The highest BCUT2D eigenvalue weighted by Gasteiger charge is 2.08. The molecule has 0 bridgehead atoms. The van der Waals surface area contributed by atoms with Crippen LogP contribution in [0, 0.1) is 6.92 Å². The van der Waals surface area contributed by atoms with Gasteiger partial charge in [-0.25, -0.2) is 4.79 Å². The van der Waals surface area contributed by atoms with Gasteiger partial charge in [-0.3, -0.25) is 14.3 Å². The van der Waals surface area contributed by atoms with Gasteiger partial charge in [-0.1, -0.05) is 11.6 Å². The molecule has 0 saturated carbocycles. The summed E-state index contributed by atoms with van der Waals surface area (Å²) < 4.78 is 1.19. The Balaban J connectivity index is 2.93. The molecule has 0 aliphatic heterocycles. The number of rotatable bonds is 4. The van der Waals surface area contributed by atoms with E-state index in [9.17, 15) is 9.59 Å². The predicted molar refractivity (Wildman–Crippen MR) is 64.2 cm³/mol. The van der Waals surface area contributed by atoms with Crippen LogP contribution in [0.2, 0.25) is 5.15 Å². The molecule has 0 atom stereocenters. The lowest BCUT2D eigenvalue weighted by Gasteiger charge is -2.10. The molecular weight excluding hydrogens is 230 g/mol. The number of nitrogens with one attached hydrogen (secondary N) is 1. The largest absolute Gasteiger partial charge is 0.329 e. The van der Waals surface area contributed by atoms with Crippen molar-refractivity contribution >= 4 is 11.6 Å². The van der Waals surface area contributed by atoms with Gasteiger partial charge >= 0.3 is 5.69 Å².